The summed E-state index contributed by atoms with van der Waals surface area (Å²) in [5.41, 5.74) is -1.000. The summed E-state index contributed by atoms with van der Waals surface area (Å²) in [6.45, 7) is 1.32. The van der Waals surface area contributed by atoms with E-state index in [1.165, 1.54) is 19.1 Å². The van der Waals surface area contributed by atoms with Gasteiger partial charge >= 0.3 is 6.18 Å². The minimum Gasteiger partial charge on any atom is -0.323 e. The van der Waals surface area contributed by atoms with Crippen LogP contribution >= 0.6 is 11.6 Å². The molecule has 0 aliphatic heterocycles. The van der Waals surface area contributed by atoms with E-state index in [9.17, 15) is 26.4 Å². The van der Waals surface area contributed by atoms with Crippen molar-refractivity contribution in [3.05, 3.63) is 59.1 Å². The third-order valence-electron chi connectivity index (χ3n) is 3.65. The number of amides is 1. The molecular weight excluding hydrogens is 405 g/mol. The zero-order valence-corrected chi connectivity index (χ0v) is 15.9. The second-order valence-electron chi connectivity index (χ2n) is 5.75. The van der Waals surface area contributed by atoms with Crippen molar-refractivity contribution >= 4 is 38.9 Å². The lowest BCUT2D eigenvalue weighted by Crippen LogP contribution is -2.45. The lowest BCUT2D eigenvalue weighted by molar-refractivity contribution is -0.137. The van der Waals surface area contributed by atoms with Gasteiger partial charge < -0.3 is 5.32 Å². The summed E-state index contributed by atoms with van der Waals surface area (Å²) >= 11 is 5.87. The van der Waals surface area contributed by atoms with Gasteiger partial charge in [-0.3, -0.25) is 9.10 Å². The Morgan fingerprint density at radius 1 is 1.15 bits per heavy atom. The Morgan fingerprint density at radius 2 is 1.74 bits per heavy atom. The molecule has 1 atom stereocenters. The number of nitrogens with one attached hydrogen (secondary N) is 1. The molecule has 0 saturated carbocycles. The van der Waals surface area contributed by atoms with Crippen LogP contribution in [0.25, 0.3) is 0 Å². The standard InChI is InChI=1S/C17H16ClF3N2O3S/c1-11(23(27(2,25)26)13-6-4-3-5-7-13)16(24)22-15-10-12(17(19,20)21)8-9-14(15)18/h3-11H,1-2H3,(H,22,24). The number of halogens is 4. The van der Waals surface area contributed by atoms with E-state index in [0.717, 1.165) is 22.7 Å². The molecule has 0 aliphatic rings. The van der Waals surface area contributed by atoms with Gasteiger partial charge in [0.1, 0.15) is 6.04 Å². The van der Waals surface area contributed by atoms with Gasteiger partial charge in [0.15, 0.2) is 0 Å². The van der Waals surface area contributed by atoms with Crippen molar-refractivity contribution in [1.29, 1.82) is 0 Å². The average molecular weight is 421 g/mol. The van der Waals surface area contributed by atoms with E-state index in [-0.39, 0.29) is 16.4 Å². The van der Waals surface area contributed by atoms with Gasteiger partial charge in [-0.2, -0.15) is 13.2 Å². The van der Waals surface area contributed by atoms with Crippen LogP contribution in [0.3, 0.4) is 0 Å². The molecule has 0 bridgehead atoms. The first-order valence-electron chi connectivity index (χ1n) is 7.63. The number of para-hydroxylation sites is 1. The summed E-state index contributed by atoms with van der Waals surface area (Å²) < 4.78 is 63.8. The molecule has 1 N–H and O–H groups in total. The highest BCUT2D eigenvalue weighted by Gasteiger charge is 2.32. The first-order chi connectivity index (χ1) is 12.4. The minimum atomic E-state index is -4.61. The van der Waals surface area contributed by atoms with Crippen molar-refractivity contribution in [3.63, 3.8) is 0 Å². The Bertz CT molecular complexity index is 934. The maximum atomic E-state index is 12.9. The summed E-state index contributed by atoms with van der Waals surface area (Å²) in [4.78, 5) is 12.5. The van der Waals surface area contributed by atoms with Gasteiger partial charge in [-0.15, -0.1) is 0 Å². The van der Waals surface area contributed by atoms with E-state index in [4.69, 9.17) is 11.6 Å². The molecule has 0 aliphatic carbocycles. The normalized spacial score (nSPS) is 13.1. The molecule has 146 valence electrons. The number of benzene rings is 2. The predicted octanol–water partition coefficient (Wildman–Crippen LogP) is 4.15. The maximum Gasteiger partial charge on any atom is 0.416 e. The molecule has 0 heterocycles. The summed E-state index contributed by atoms with van der Waals surface area (Å²) in [7, 11) is -3.84. The lowest BCUT2D eigenvalue weighted by Gasteiger charge is -2.28. The largest absolute Gasteiger partial charge is 0.416 e. The fraction of sp³-hybridized carbons (Fsp3) is 0.235. The number of anilines is 2. The van der Waals surface area contributed by atoms with Crippen LogP contribution in [0, 0.1) is 0 Å². The van der Waals surface area contributed by atoms with Crippen LogP contribution in [0.1, 0.15) is 12.5 Å². The van der Waals surface area contributed by atoms with Crippen molar-refractivity contribution in [2.45, 2.75) is 19.1 Å². The fourth-order valence-electron chi connectivity index (χ4n) is 2.42. The van der Waals surface area contributed by atoms with E-state index < -0.39 is 33.7 Å². The molecule has 5 nitrogen and oxygen atoms in total. The van der Waals surface area contributed by atoms with Crippen LogP contribution in [-0.2, 0) is 21.0 Å². The Morgan fingerprint density at radius 3 is 2.26 bits per heavy atom. The molecule has 2 aromatic carbocycles. The summed E-state index contributed by atoms with van der Waals surface area (Å²) in [6.07, 6.45) is -3.68. The highest BCUT2D eigenvalue weighted by atomic mass is 35.5. The molecule has 27 heavy (non-hydrogen) atoms. The smallest absolute Gasteiger partial charge is 0.323 e. The van der Waals surface area contributed by atoms with Crippen molar-refractivity contribution in [2.24, 2.45) is 0 Å². The van der Waals surface area contributed by atoms with Crippen molar-refractivity contribution < 1.29 is 26.4 Å². The third kappa shape index (κ3) is 5.14. The summed E-state index contributed by atoms with van der Waals surface area (Å²) in [5.74, 6) is -0.828. The van der Waals surface area contributed by atoms with E-state index in [0.29, 0.717) is 6.07 Å². The molecule has 1 amide bonds. The van der Waals surface area contributed by atoms with Gasteiger partial charge in [0, 0.05) is 0 Å². The second-order valence-corrected chi connectivity index (χ2v) is 8.02. The van der Waals surface area contributed by atoms with E-state index >= 15 is 0 Å². The lowest BCUT2D eigenvalue weighted by atomic mass is 10.2. The Kier molecular flexibility index (Phi) is 6.06. The van der Waals surface area contributed by atoms with Gasteiger partial charge in [-0.1, -0.05) is 29.8 Å². The fourth-order valence-corrected chi connectivity index (χ4v) is 3.76. The van der Waals surface area contributed by atoms with Crippen LogP contribution in [0.2, 0.25) is 5.02 Å². The zero-order chi connectivity index (χ0) is 20.4. The Balaban J connectivity index is 2.34. The Hall–Kier alpha value is -2.26. The zero-order valence-electron chi connectivity index (χ0n) is 14.3. The van der Waals surface area contributed by atoms with E-state index in [1.807, 2.05) is 0 Å². The summed E-state index contributed by atoms with van der Waals surface area (Å²) in [6, 6.07) is 9.14. The SMILES string of the molecule is CC(C(=O)Nc1cc(C(F)(F)F)ccc1Cl)N(c1ccccc1)S(C)(=O)=O. The molecule has 2 aromatic rings. The number of nitrogens with zero attached hydrogens (tertiary/aromatic N) is 1. The molecule has 2 rings (SSSR count). The number of rotatable bonds is 5. The first-order valence-corrected chi connectivity index (χ1v) is 9.86. The van der Waals surface area contributed by atoms with Gasteiger partial charge in [-0.05, 0) is 37.3 Å². The Labute approximate surface area is 159 Å². The minimum absolute atomic E-state index is 0.103. The van der Waals surface area contributed by atoms with Crippen molar-refractivity contribution in [2.75, 3.05) is 15.9 Å². The van der Waals surface area contributed by atoms with Gasteiger partial charge in [0.25, 0.3) is 0 Å². The average Bonchev–Trinajstić information content (AvgIpc) is 2.55. The van der Waals surface area contributed by atoms with Gasteiger partial charge in [0.05, 0.1) is 28.2 Å². The van der Waals surface area contributed by atoms with Crippen LogP contribution in [0.15, 0.2) is 48.5 Å². The third-order valence-corrected chi connectivity index (χ3v) is 5.22. The van der Waals surface area contributed by atoms with Crippen LogP contribution in [0.5, 0.6) is 0 Å². The predicted molar refractivity (Wildman–Crippen MR) is 98.3 cm³/mol. The monoisotopic (exact) mass is 420 g/mol. The first kappa shape index (κ1) is 21.0. The molecule has 0 spiro atoms. The molecule has 0 saturated heterocycles. The highest BCUT2D eigenvalue weighted by Crippen LogP contribution is 2.34. The topological polar surface area (TPSA) is 66.5 Å². The maximum absolute atomic E-state index is 12.9. The van der Waals surface area contributed by atoms with Crippen LogP contribution in [0.4, 0.5) is 24.5 Å². The van der Waals surface area contributed by atoms with E-state index in [2.05, 4.69) is 5.32 Å². The molecule has 0 fully saturated rings. The van der Waals surface area contributed by atoms with Crippen LogP contribution in [-0.4, -0.2) is 26.6 Å². The highest BCUT2D eigenvalue weighted by molar-refractivity contribution is 7.92. The number of sulfonamides is 1. The van der Waals surface area contributed by atoms with E-state index in [1.54, 1.807) is 18.2 Å². The molecule has 10 heteroatoms. The number of alkyl halides is 3. The second kappa shape index (κ2) is 7.77. The van der Waals surface area contributed by atoms with Gasteiger partial charge in [0.2, 0.25) is 15.9 Å². The van der Waals surface area contributed by atoms with Crippen LogP contribution < -0.4 is 9.62 Å². The van der Waals surface area contributed by atoms with Gasteiger partial charge in [-0.25, -0.2) is 8.42 Å². The molecular formula is C17H16ClF3N2O3S. The molecule has 0 aromatic heterocycles. The number of hydrogen-bond acceptors (Lipinski definition) is 3. The molecule has 0 radical (unpaired) electrons. The number of carbonyl (C=O) groups excluding carboxylic acids is 1. The quantitative estimate of drug-likeness (QED) is 0.790. The van der Waals surface area contributed by atoms with Crippen molar-refractivity contribution in [1.82, 2.24) is 0 Å². The number of hydrogen-bond donors (Lipinski definition) is 1. The van der Waals surface area contributed by atoms with Crippen molar-refractivity contribution in [3.8, 4) is 0 Å². The number of carbonyl (C=O) groups is 1. The molecule has 1 unspecified atom stereocenters. The summed E-state index contributed by atoms with van der Waals surface area (Å²) in [5, 5.41) is 2.17.